The van der Waals surface area contributed by atoms with Gasteiger partial charge in [-0.2, -0.15) is 10.2 Å². The number of nitrogens with zero attached hydrogens (tertiary/aromatic N) is 4. The Bertz CT molecular complexity index is 540. The number of hydrogen-bond acceptors (Lipinski definition) is 3. The van der Waals surface area contributed by atoms with Gasteiger partial charge in [0, 0.05) is 32.4 Å². The van der Waals surface area contributed by atoms with Gasteiger partial charge in [-0.05, 0) is 13.0 Å². The molecule has 0 aliphatic heterocycles. The van der Waals surface area contributed by atoms with E-state index in [0.29, 0.717) is 12.2 Å². The summed E-state index contributed by atoms with van der Waals surface area (Å²) in [6, 6.07) is 1.76. The van der Waals surface area contributed by atoms with Crippen LogP contribution < -0.4 is 5.32 Å². The molecule has 0 unspecified atom stereocenters. The highest BCUT2D eigenvalue weighted by Gasteiger charge is 2.11. The van der Waals surface area contributed by atoms with Crippen LogP contribution in [0.2, 0.25) is 0 Å². The molecule has 2 aromatic rings. The van der Waals surface area contributed by atoms with Gasteiger partial charge in [-0.1, -0.05) is 0 Å². The fourth-order valence-electron chi connectivity index (χ4n) is 1.66. The number of rotatable bonds is 3. The van der Waals surface area contributed by atoms with E-state index in [0.717, 1.165) is 11.3 Å². The largest absolute Gasteiger partial charge is 0.347 e. The maximum atomic E-state index is 11.9. The monoisotopic (exact) mass is 233 g/mol. The Morgan fingerprint density at radius 3 is 2.76 bits per heavy atom. The van der Waals surface area contributed by atoms with Crippen molar-refractivity contribution in [2.75, 3.05) is 0 Å². The molecule has 0 aliphatic carbocycles. The Morgan fingerprint density at radius 1 is 1.47 bits per heavy atom. The van der Waals surface area contributed by atoms with Crippen LogP contribution in [0.4, 0.5) is 0 Å². The van der Waals surface area contributed by atoms with Crippen LogP contribution in [0.25, 0.3) is 0 Å². The molecule has 0 saturated carbocycles. The average molecular weight is 233 g/mol. The molecule has 6 nitrogen and oxygen atoms in total. The van der Waals surface area contributed by atoms with Gasteiger partial charge >= 0.3 is 0 Å². The van der Waals surface area contributed by atoms with Crippen molar-refractivity contribution in [3.63, 3.8) is 0 Å². The number of aromatic nitrogens is 4. The molecule has 0 saturated heterocycles. The predicted molar refractivity (Wildman–Crippen MR) is 62.3 cm³/mol. The number of carbonyl (C=O) groups excluding carboxylic acids is 1. The lowest BCUT2D eigenvalue weighted by Crippen LogP contribution is -2.24. The van der Waals surface area contributed by atoms with Crippen LogP contribution in [0.15, 0.2) is 18.5 Å². The van der Waals surface area contributed by atoms with Gasteiger partial charge in [-0.15, -0.1) is 0 Å². The maximum absolute atomic E-state index is 11.9. The van der Waals surface area contributed by atoms with Gasteiger partial charge in [0.2, 0.25) is 0 Å². The normalized spacial score (nSPS) is 10.5. The third kappa shape index (κ3) is 2.52. The van der Waals surface area contributed by atoms with Gasteiger partial charge in [0.05, 0.1) is 11.9 Å². The zero-order valence-electron chi connectivity index (χ0n) is 10.1. The minimum Gasteiger partial charge on any atom is -0.347 e. The summed E-state index contributed by atoms with van der Waals surface area (Å²) in [5, 5.41) is 11.0. The molecule has 2 aromatic heterocycles. The number of aryl methyl sites for hydroxylation is 3. The molecule has 1 amide bonds. The molecule has 0 aromatic carbocycles. The van der Waals surface area contributed by atoms with E-state index >= 15 is 0 Å². The summed E-state index contributed by atoms with van der Waals surface area (Å²) in [6.45, 7) is 2.33. The summed E-state index contributed by atoms with van der Waals surface area (Å²) in [5.41, 5.74) is 2.37. The van der Waals surface area contributed by atoms with Crippen molar-refractivity contribution in [3.8, 4) is 0 Å². The molecule has 0 atom stereocenters. The van der Waals surface area contributed by atoms with Gasteiger partial charge in [0.15, 0.2) is 0 Å². The molecule has 0 aliphatic rings. The van der Waals surface area contributed by atoms with Crippen molar-refractivity contribution in [2.45, 2.75) is 13.5 Å². The van der Waals surface area contributed by atoms with Gasteiger partial charge in [0.1, 0.15) is 5.69 Å². The van der Waals surface area contributed by atoms with E-state index in [-0.39, 0.29) is 5.91 Å². The Kier molecular flexibility index (Phi) is 2.95. The second-order valence-corrected chi connectivity index (χ2v) is 4.00. The van der Waals surface area contributed by atoms with E-state index < -0.39 is 0 Å². The van der Waals surface area contributed by atoms with Crippen LogP contribution in [-0.2, 0) is 20.6 Å². The molecule has 0 radical (unpaired) electrons. The molecule has 0 fully saturated rings. The molecule has 6 heteroatoms. The highest BCUT2D eigenvalue weighted by atomic mass is 16.2. The van der Waals surface area contributed by atoms with Crippen molar-refractivity contribution >= 4 is 5.91 Å². The van der Waals surface area contributed by atoms with E-state index in [4.69, 9.17) is 0 Å². The van der Waals surface area contributed by atoms with E-state index in [2.05, 4.69) is 15.5 Å². The lowest BCUT2D eigenvalue weighted by Gasteiger charge is -2.03. The third-order valence-electron chi connectivity index (χ3n) is 2.45. The van der Waals surface area contributed by atoms with Gasteiger partial charge in [0.25, 0.3) is 5.91 Å². The quantitative estimate of drug-likeness (QED) is 0.834. The minimum absolute atomic E-state index is 0.128. The molecule has 17 heavy (non-hydrogen) atoms. The molecule has 90 valence electrons. The highest BCUT2D eigenvalue weighted by molar-refractivity contribution is 5.92. The van der Waals surface area contributed by atoms with Crippen molar-refractivity contribution in [1.82, 2.24) is 24.9 Å². The Balaban J connectivity index is 2.00. The van der Waals surface area contributed by atoms with E-state index in [9.17, 15) is 4.79 Å². The van der Waals surface area contributed by atoms with E-state index in [1.165, 1.54) is 0 Å². The average Bonchev–Trinajstić information content (AvgIpc) is 2.81. The first-order valence-corrected chi connectivity index (χ1v) is 5.32. The summed E-state index contributed by atoms with van der Waals surface area (Å²) in [4.78, 5) is 11.9. The summed E-state index contributed by atoms with van der Waals surface area (Å²) >= 11 is 0. The van der Waals surface area contributed by atoms with Gasteiger partial charge in [-0.3, -0.25) is 14.2 Å². The second kappa shape index (κ2) is 4.40. The molecule has 0 spiro atoms. The number of carbonyl (C=O) groups is 1. The summed E-state index contributed by atoms with van der Waals surface area (Å²) in [6.07, 6.45) is 3.60. The zero-order valence-corrected chi connectivity index (χ0v) is 10.1. The van der Waals surface area contributed by atoms with Gasteiger partial charge < -0.3 is 5.32 Å². The highest BCUT2D eigenvalue weighted by Crippen LogP contribution is 2.02. The predicted octanol–water partition coefficient (Wildman–Crippen LogP) is 0.392. The lowest BCUT2D eigenvalue weighted by atomic mass is 10.3. The first kappa shape index (κ1) is 11.4. The van der Waals surface area contributed by atoms with Crippen LogP contribution >= 0.6 is 0 Å². The van der Waals surface area contributed by atoms with Crippen molar-refractivity contribution in [3.05, 3.63) is 35.4 Å². The first-order chi connectivity index (χ1) is 8.06. The number of amides is 1. The molecule has 2 rings (SSSR count). The van der Waals surface area contributed by atoms with E-state index in [1.54, 1.807) is 28.7 Å². The Hall–Kier alpha value is -2.11. The number of hydrogen-bond donors (Lipinski definition) is 1. The smallest absolute Gasteiger partial charge is 0.269 e. The van der Waals surface area contributed by atoms with Gasteiger partial charge in [-0.25, -0.2) is 0 Å². The molecular weight excluding hydrogens is 218 g/mol. The summed E-state index contributed by atoms with van der Waals surface area (Å²) < 4.78 is 3.28. The molecule has 2 heterocycles. The zero-order chi connectivity index (χ0) is 12.4. The van der Waals surface area contributed by atoms with Crippen LogP contribution in [0.1, 0.15) is 21.7 Å². The third-order valence-corrected chi connectivity index (χ3v) is 2.45. The first-order valence-electron chi connectivity index (χ1n) is 5.32. The summed E-state index contributed by atoms with van der Waals surface area (Å²) in [5.74, 6) is -0.128. The van der Waals surface area contributed by atoms with Crippen molar-refractivity contribution in [2.24, 2.45) is 14.1 Å². The fourth-order valence-corrected chi connectivity index (χ4v) is 1.66. The molecular formula is C11H15N5O. The van der Waals surface area contributed by atoms with Crippen LogP contribution in [0.5, 0.6) is 0 Å². The molecule has 0 bridgehead atoms. The maximum Gasteiger partial charge on any atom is 0.269 e. The van der Waals surface area contributed by atoms with Crippen molar-refractivity contribution < 1.29 is 4.79 Å². The summed E-state index contributed by atoms with van der Waals surface area (Å²) in [7, 11) is 3.60. The number of nitrogens with one attached hydrogen (secondary N) is 1. The SMILES string of the molecule is Cc1cc(C(=O)NCc2cnn(C)c2)n(C)n1. The fraction of sp³-hybridized carbons (Fsp3) is 0.364. The molecule has 1 N–H and O–H groups in total. The lowest BCUT2D eigenvalue weighted by molar-refractivity contribution is 0.0941. The standard InChI is InChI=1S/C11H15N5O/c1-8-4-10(16(3)14-8)11(17)12-5-9-6-13-15(2)7-9/h4,6-7H,5H2,1-3H3,(H,12,17). The minimum atomic E-state index is -0.128. The van der Waals surface area contributed by atoms with Crippen LogP contribution in [0.3, 0.4) is 0 Å². The van der Waals surface area contributed by atoms with E-state index in [1.807, 2.05) is 20.2 Å². The van der Waals surface area contributed by atoms with Crippen molar-refractivity contribution in [1.29, 1.82) is 0 Å². The second-order valence-electron chi connectivity index (χ2n) is 4.00. The Labute approximate surface area is 99.2 Å². The van der Waals surface area contributed by atoms with Crippen LogP contribution in [-0.4, -0.2) is 25.5 Å². The van der Waals surface area contributed by atoms with Crippen LogP contribution in [0, 0.1) is 6.92 Å². The Morgan fingerprint density at radius 2 is 2.24 bits per heavy atom. The topological polar surface area (TPSA) is 64.7 Å².